The van der Waals surface area contributed by atoms with E-state index in [4.69, 9.17) is 11.1 Å². The van der Waals surface area contributed by atoms with E-state index in [9.17, 15) is 9.59 Å². The van der Waals surface area contributed by atoms with Gasteiger partial charge in [-0.05, 0) is 30.5 Å². The van der Waals surface area contributed by atoms with Crippen LogP contribution in [0.2, 0.25) is 0 Å². The molecule has 0 atom stereocenters. The van der Waals surface area contributed by atoms with Gasteiger partial charge in [0, 0.05) is 25.7 Å². The fraction of sp³-hybridized carbons (Fsp3) is 0.294. The number of hydrogen-bond donors (Lipinski definition) is 7. The predicted molar refractivity (Wildman–Crippen MR) is 115 cm³/mol. The molecule has 0 saturated heterocycles. The molecule has 1 aromatic carbocycles. The molecule has 0 aliphatic carbocycles. The van der Waals surface area contributed by atoms with Crippen LogP contribution < -0.4 is 26.4 Å². The number of aromatic nitrogens is 1. The van der Waals surface area contributed by atoms with Gasteiger partial charge in [0.15, 0.2) is 11.1 Å². The minimum atomic E-state index is -0.236. The summed E-state index contributed by atoms with van der Waals surface area (Å²) in [5.74, 6) is -0.585. The monoisotopic (exact) mass is 421 g/mol. The summed E-state index contributed by atoms with van der Waals surface area (Å²) in [5, 5.41) is 15.8. The molecule has 0 radical (unpaired) electrons. The number of nitrogens with one attached hydrogen (secondary N) is 5. The maximum atomic E-state index is 12.5. The molecular formula is C17H23N7O2S2. The number of aryl methyl sites for hydroxylation is 2. The zero-order valence-corrected chi connectivity index (χ0v) is 17.0. The maximum Gasteiger partial charge on any atom is 0.263 e. The second-order valence-electron chi connectivity index (χ2n) is 5.88. The third-order valence-corrected chi connectivity index (χ3v) is 4.83. The lowest BCUT2D eigenvalue weighted by Gasteiger charge is -2.06. The van der Waals surface area contributed by atoms with Crippen LogP contribution >= 0.6 is 24.2 Å². The van der Waals surface area contributed by atoms with Crippen LogP contribution in [0.4, 0.5) is 10.8 Å². The lowest BCUT2D eigenvalue weighted by atomic mass is 10.1. The van der Waals surface area contributed by atoms with Crippen LogP contribution in [0.25, 0.3) is 0 Å². The zero-order valence-electron chi connectivity index (χ0n) is 15.3. The third-order valence-electron chi connectivity index (χ3n) is 3.59. The van der Waals surface area contributed by atoms with Crippen molar-refractivity contribution in [3.8, 4) is 0 Å². The van der Waals surface area contributed by atoms with Crippen molar-refractivity contribution in [2.75, 3.05) is 23.7 Å². The SMILES string of the molecule is CC(=O)Nc1nc(CCc2ccc(NC(=N)N)cc2)c(C(=O)NCCNS)s1. The highest BCUT2D eigenvalue weighted by Crippen LogP contribution is 2.24. The van der Waals surface area contributed by atoms with Gasteiger partial charge in [0.25, 0.3) is 5.91 Å². The van der Waals surface area contributed by atoms with Gasteiger partial charge in [-0.25, -0.2) is 4.98 Å². The van der Waals surface area contributed by atoms with E-state index in [1.165, 1.54) is 6.92 Å². The van der Waals surface area contributed by atoms with E-state index in [0.717, 1.165) is 22.6 Å². The molecule has 0 fully saturated rings. The Morgan fingerprint density at radius 1 is 1.18 bits per heavy atom. The Morgan fingerprint density at radius 3 is 2.50 bits per heavy atom. The van der Waals surface area contributed by atoms with Crippen molar-refractivity contribution >= 4 is 52.7 Å². The van der Waals surface area contributed by atoms with Gasteiger partial charge in [-0.1, -0.05) is 36.3 Å². The molecule has 11 heteroatoms. The quantitative estimate of drug-likeness (QED) is 0.141. The Hall–Kier alpha value is -2.63. The summed E-state index contributed by atoms with van der Waals surface area (Å²) < 4.78 is 2.67. The van der Waals surface area contributed by atoms with Gasteiger partial charge in [0.05, 0.1) is 5.69 Å². The Labute approximate surface area is 172 Å². The number of guanidine groups is 1. The van der Waals surface area contributed by atoms with Gasteiger partial charge >= 0.3 is 0 Å². The molecule has 2 amide bonds. The minimum Gasteiger partial charge on any atom is -0.370 e. The van der Waals surface area contributed by atoms with Gasteiger partial charge in [-0.2, -0.15) is 0 Å². The van der Waals surface area contributed by atoms with Crippen LogP contribution in [0.5, 0.6) is 0 Å². The number of anilines is 2. The summed E-state index contributed by atoms with van der Waals surface area (Å²) in [4.78, 5) is 28.7. The Kier molecular flexibility index (Phi) is 8.23. The summed E-state index contributed by atoms with van der Waals surface area (Å²) in [6, 6.07) is 7.51. The smallest absolute Gasteiger partial charge is 0.263 e. The minimum absolute atomic E-state index is 0.121. The first kappa shape index (κ1) is 21.7. The molecule has 9 nitrogen and oxygen atoms in total. The average molecular weight is 422 g/mol. The number of benzene rings is 1. The first-order valence-corrected chi connectivity index (χ1v) is 9.78. The summed E-state index contributed by atoms with van der Waals surface area (Å²) >= 11 is 5.05. The molecule has 1 aromatic heterocycles. The zero-order chi connectivity index (χ0) is 20.5. The number of thiol groups is 1. The fourth-order valence-electron chi connectivity index (χ4n) is 2.39. The Bertz CT molecular complexity index is 837. The van der Waals surface area contributed by atoms with Crippen LogP contribution in [0.1, 0.15) is 27.9 Å². The van der Waals surface area contributed by atoms with Crippen molar-refractivity contribution < 1.29 is 9.59 Å². The lowest BCUT2D eigenvalue weighted by Crippen LogP contribution is -2.29. The Morgan fingerprint density at radius 2 is 1.89 bits per heavy atom. The lowest BCUT2D eigenvalue weighted by molar-refractivity contribution is -0.114. The van der Waals surface area contributed by atoms with Crippen LogP contribution in [0, 0.1) is 5.41 Å². The summed E-state index contributed by atoms with van der Waals surface area (Å²) in [6.45, 7) is 2.36. The molecule has 28 heavy (non-hydrogen) atoms. The van der Waals surface area contributed by atoms with Crippen molar-refractivity contribution in [2.45, 2.75) is 19.8 Å². The average Bonchev–Trinajstić information content (AvgIpc) is 3.03. The van der Waals surface area contributed by atoms with Crippen molar-refractivity contribution in [2.24, 2.45) is 5.73 Å². The van der Waals surface area contributed by atoms with Crippen LogP contribution in [-0.4, -0.2) is 35.8 Å². The highest BCUT2D eigenvalue weighted by atomic mass is 32.1. The van der Waals surface area contributed by atoms with Crippen LogP contribution in [-0.2, 0) is 17.6 Å². The third kappa shape index (κ3) is 6.83. The molecule has 150 valence electrons. The van der Waals surface area contributed by atoms with Gasteiger partial charge in [0.2, 0.25) is 5.91 Å². The molecule has 0 unspecified atom stereocenters. The molecule has 0 spiro atoms. The maximum absolute atomic E-state index is 12.5. The molecule has 1 heterocycles. The van der Waals surface area contributed by atoms with E-state index in [-0.39, 0.29) is 17.8 Å². The van der Waals surface area contributed by atoms with E-state index in [2.05, 4.69) is 38.5 Å². The number of hydrogen-bond acceptors (Lipinski definition) is 7. The van der Waals surface area contributed by atoms with Gasteiger partial charge in [-0.3, -0.25) is 19.7 Å². The van der Waals surface area contributed by atoms with Gasteiger partial charge < -0.3 is 21.7 Å². The standard InChI is InChI=1S/C17H23N7O2S2/c1-10(25)22-17-24-13(14(28-17)15(26)20-8-9-21-27)7-4-11-2-5-12(6-3-11)23-16(18)19/h2-3,5-6,21,27H,4,7-9H2,1H3,(H,20,26)(H4,18,19,23)(H,22,24,25). The number of carbonyl (C=O) groups excluding carboxylic acids is 2. The highest BCUT2D eigenvalue weighted by Gasteiger charge is 2.18. The van der Waals surface area contributed by atoms with Crippen LogP contribution in [0.3, 0.4) is 0 Å². The van der Waals surface area contributed by atoms with Crippen molar-refractivity contribution in [1.29, 1.82) is 5.41 Å². The molecule has 2 aromatic rings. The normalized spacial score (nSPS) is 10.4. The predicted octanol–water partition coefficient (Wildman–Crippen LogP) is 1.36. The summed E-state index contributed by atoms with van der Waals surface area (Å²) in [5.41, 5.74) is 7.73. The molecular weight excluding hydrogens is 398 g/mol. The van der Waals surface area contributed by atoms with Crippen molar-refractivity contribution in [3.63, 3.8) is 0 Å². The molecule has 0 aliphatic rings. The molecule has 2 rings (SSSR count). The Balaban J connectivity index is 2.09. The second-order valence-corrected chi connectivity index (χ2v) is 7.19. The van der Waals surface area contributed by atoms with Gasteiger partial charge in [0.1, 0.15) is 4.88 Å². The number of nitrogens with zero attached hydrogens (tertiary/aromatic N) is 1. The molecule has 7 N–H and O–H groups in total. The van der Waals surface area contributed by atoms with E-state index >= 15 is 0 Å². The number of rotatable bonds is 9. The van der Waals surface area contributed by atoms with E-state index < -0.39 is 0 Å². The van der Waals surface area contributed by atoms with E-state index in [0.29, 0.717) is 41.6 Å². The van der Waals surface area contributed by atoms with Crippen molar-refractivity contribution in [3.05, 3.63) is 40.4 Å². The topological polar surface area (TPSA) is 145 Å². The summed E-state index contributed by atoms with van der Waals surface area (Å²) in [6.07, 6.45) is 1.21. The highest BCUT2D eigenvalue weighted by molar-refractivity contribution is 7.78. The fourth-order valence-corrected chi connectivity index (χ4v) is 3.47. The number of thiazole rings is 1. The number of nitrogens with two attached hydrogens (primary N) is 1. The second kappa shape index (κ2) is 10.6. The first-order valence-electron chi connectivity index (χ1n) is 8.51. The molecule has 0 bridgehead atoms. The molecule has 0 saturated carbocycles. The molecule has 0 aliphatic heterocycles. The number of amides is 2. The van der Waals surface area contributed by atoms with Crippen molar-refractivity contribution in [1.82, 2.24) is 15.0 Å². The summed E-state index contributed by atoms with van der Waals surface area (Å²) in [7, 11) is 0. The largest absolute Gasteiger partial charge is 0.370 e. The van der Waals surface area contributed by atoms with E-state index in [1.54, 1.807) is 0 Å². The number of carbonyl (C=O) groups is 2. The van der Waals surface area contributed by atoms with Gasteiger partial charge in [-0.15, -0.1) is 0 Å². The van der Waals surface area contributed by atoms with Crippen LogP contribution in [0.15, 0.2) is 24.3 Å². The van der Waals surface area contributed by atoms with E-state index in [1.807, 2.05) is 24.3 Å². The first-order chi connectivity index (χ1) is 13.4.